The smallest absolute Gasteiger partial charge is 0.240 e. The predicted molar refractivity (Wildman–Crippen MR) is 50.5 cm³/mol. The van der Waals surface area contributed by atoms with E-state index < -0.39 is 10.0 Å². The van der Waals surface area contributed by atoms with Crippen LogP contribution in [-0.2, 0) is 10.0 Å². The molecular formula is C6H6Cl2N2O2S. The SMILES string of the molecule is NN(Cl)S(=O)(=O)c1ccccc1Cl. The average molecular weight is 241 g/mol. The number of nitrogens with two attached hydrogens (primary N) is 1. The minimum Gasteiger partial charge on any atom is -0.240 e. The number of hydrogen-bond acceptors (Lipinski definition) is 3. The summed E-state index contributed by atoms with van der Waals surface area (Å²) in [4.78, 5) is -0.117. The van der Waals surface area contributed by atoms with Crippen molar-refractivity contribution in [1.82, 2.24) is 3.93 Å². The van der Waals surface area contributed by atoms with Crippen molar-refractivity contribution in [3.63, 3.8) is 0 Å². The van der Waals surface area contributed by atoms with Crippen LogP contribution in [0.3, 0.4) is 0 Å². The number of hydrogen-bond donors (Lipinski definition) is 1. The lowest BCUT2D eigenvalue weighted by molar-refractivity contribution is 0.546. The third-order valence-electron chi connectivity index (χ3n) is 1.34. The molecule has 0 aliphatic carbocycles. The van der Waals surface area contributed by atoms with E-state index >= 15 is 0 Å². The lowest BCUT2D eigenvalue weighted by atomic mass is 10.4. The topological polar surface area (TPSA) is 63.4 Å². The van der Waals surface area contributed by atoms with Crippen molar-refractivity contribution in [2.24, 2.45) is 5.84 Å². The van der Waals surface area contributed by atoms with Crippen LogP contribution in [-0.4, -0.2) is 12.4 Å². The molecule has 2 N–H and O–H groups in total. The maximum absolute atomic E-state index is 11.3. The van der Waals surface area contributed by atoms with Gasteiger partial charge in [0.25, 0.3) is 10.0 Å². The van der Waals surface area contributed by atoms with E-state index in [0.717, 1.165) is 0 Å². The molecule has 0 saturated carbocycles. The molecule has 0 atom stereocenters. The Kier molecular flexibility index (Phi) is 3.15. The number of halogens is 2. The third kappa shape index (κ3) is 2.12. The van der Waals surface area contributed by atoms with Crippen LogP contribution < -0.4 is 5.84 Å². The Morgan fingerprint density at radius 1 is 1.31 bits per heavy atom. The molecule has 0 bridgehead atoms. The molecule has 4 nitrogen and oxygen atoms in total. The van der Waals surface area contributed by atoms with Gasteiger partial charge in [-0.05, 0) is 16.1 Å². The van der Waals surface area contributed by atoms with E-state index in [-0.39, 0.29) is 13.9 Å². The van der Waals surface area contributed by atoms with Crippen molar-refractivity contribution in [1.29, 1.82) is 0 Å². The van der Waals surface area contributed by atoms with Gasteiger partial charge in [0.15, 0.2) is 0 Å². The Hall–Kier alpha value is -0.330. The molecule has 1 rings (SSSR count). The lowest BCUT2D eigenvalue weighted by Gasteiger charge is -2.08. The molecule has 1 aromatic rings. The number of hydrazine groups is 1. The summed E-state index contributed by atoms with van der Waals surface area (Å²) in [6.45, 7) is 0. The first kappa shape index (κ1) is 10.7. The van der Waals surface area contributed by atoms with Crippen LogP contribution in [0.5, 0.6) is 0 Å². The second kappa shape index (κ2) is 3.81. The monoisotopic (exact) mass is 240 g/mol. The Balaban J connectivity index is 3.32. The predicted octanol–water partition coefficient (Wildman–Crippen LogP) is 1.36. The largest absolute Gasteiger partial charge is 0.271 e. The van der Waals surface area contributed by atoms with Crippen molar-refractivity contribution >= 4 is 33.4 Å². The highest BCUT2D eigenvalue weighted by atomic mass is 35.5. The number of nitrogens with zero attached hydrogens (tertiary/aromatic N) is 1. The fourth-order valence-electron chi connectivity index (χ4n) is 0.748. The molecule has 0 unspecified atom stereocenters. The summed E-state index contributed by atoms with van der Waals surface area (Å²) in [6.07, 6.45) is 0. The van der Waals surface area contributed by atoms with Gasteiger partial charge < -0.3 is 0 Å². The molecule has 0 aliphatic rings. The molecule has 72 valence electrons. The van der Waals surface area contributed by atoms with Gasteiger partial charge in [-0.3, -0.25) is 0 Å². The van der Waals surface area contributed by atoms with E-state index in [9.17, 15) is 8.42 Å². The second-order valence-electron chi connectivity index (χ2n) is 2.18. The molecule has 0 aromatic heterocycles. The molecular weight excluding hydrogens is 235 g/mol. The Morgan fingerprint density at radius 2 is 1.85 bits per heavy atom. The van der Waals surface area contributed by atoms with Gasteiger partial charge in [0.05, 0.1) is 5.02 Å². The normalized spacial score (nSPS) is 12.0. The maximum atomic E-state index is 11.3. The van der Waals surface area contributed by atoms with Crippen LogP contribution in [0.1, 0.15) is 0 Å². The summed E-state index contributed by atoms with van der Waals surface area (Å²) < 4.78 is 22.8. The fourth-order valence-corrected chi connectivity index (χ4v) is 2.15. The van der Waals surface area contributed by atoms with Gasteiger partial charge in [-0.15, -0.1) is 0 Å². The van der Waals surface area contributed by atoms with Crippen molar-refractivity contribution in [2.75, 3.05) is 0 Å². The maximum Gasteiger partial charge on any atom is 0.271 e. The molecule has 0 amide bonds. The molecule has 0 heterocycles. The highest BCUT2D eigenvalue weighted by molar-refractivity contribution is 7.90. The molecule has 7 heteroatoms. The minimum absolute atomic E-state index is 0.0820. The van der Waals surface area contributed by atoms with Crippen LogP contribution in [0.25, 0.3) is 0 Å². The Bertz CT molecular complexity index is 405. The highest BCUT2D eigenvalue weighted by Gasteiger charge is 2.22. The number of benzene rings is 1. The summed E-state index contributed by atoms with van der Waals surface area (Å²) in [5.41, 5.74) is 0. The van der Waals surface area contributed by atoms with Gasteiger partial charge in [-0.1, -0.05) is 23.7 Å². The quantitative estimate of drug-likeness (QED) is 0.483. The first-order chi connectivity index (χ1) is 5.96. The summed E-state index contributed by atoms with van der Waals surface area (Å²) in [5, 5.41) is 0.0820. The summed E-state index contributed by atoms with van der Waals surface area (Å²) >= 11 is 10.8. The molecule has 0 aliphatic heterocycles. The summed E-state index contributed by atoms with van der Waals surface area (Å²) in [6, 6.07) is 5.89. The Labute approximate surface area is 86.0 Å². The zero-order valence-electron chi connectivity index (χ0n) is 6.31. The summed E-state index contributed by atoms with van der Waals surface area (Å²) in [5.74, 6) is 4.92. The number of rotatable bonds is 2. The zero-order valence-corrected chi connectivity index (χ0v) is 8.64. The minimum atomic E-state index is -3.86. The fraction of sp³-hybridized carbons (Fsp3) is 0. The molecule has 0 radical (unpaired) electrons. The van der Waals surface area contributed by atoms with Crippen LogP contribution >= 0.6 is 23.4 Å². The standard InChI is InChI=1S/C6H6Cl2N2O2S/c7-5-3-1-2-4-6(5)13(11,12)10(8)9/h1-4H,9H2. The van der Waals surface area contributed by atoms with E-state index in [2.05, 4.69) is 0 Å². The molecule has 13 heavy (non-hydrogen) atoms. The van der Waals surface area contributed by atoms with Gasteiger partial charge in [-0.25, -0.2) is 14.3 Å². The van der Waals surface area contributed by atoms with Crippen molar-refractivity contribution in [3.05, 3.63) is 29.3 Å². The van der Waals surface area contributed by atoms with Gasteiger partial charge in [0.1, 0.15) is 4.90 Å². The first-order valence-electron chi connectivity index (χ1n) is 3.16. The van der Waals surface area contributed by atoms with E-state index in [1.807, 2.05) is 0 Å². The van der Waals surface area contributed by atoms with Gasteiger partial charge in [0, 0.05) is 11.8 Å². The molecule has 0 fully saturated rings. The van der Waals surface area contributed by atoms with E-state index in [0.29, 0.717) is 0 Å². The van der Waals surface area contributed by atoms with Crippen molar-refractivity contribution < 1.29 is 8.42 Å². The van der Waals surface area contributed by atoms with Crippen molar-refractivity contribution in [3.8, 4) is 0 Å². The summed E-state index contributed by atoms with van der Waals surface area (Å²) in [7, 11) is -3.86. The zero-order chi connectivity index (χ0) is 10.1. The molecule has 0 saturated heterocycles. The van der Waals surface area contributed by atoms with Crippen LogP contribution in [0.4, 0.5) is 0 Å². The molecule has 0 spiro atoms. The van der Waals surface area contributed by atoms with Gasteiger partial charge in [-0.2, -0.15) is 0 Å². The first-order valence-corrected chi connectivity index (χ1v) is 5.32. The highest BCUT2D eigenvalue weighted by Crippen LogP contribution is 2.23. The number of sulfonamides is 1. The van der Waals surface area contributed by atoms with E-state index in [1.165, 1.54) is 18.2 Å². The lowest BCUT2D eigenvalue weighted by Crippen LogP contribution is -2.28. The third-order valence-corrected chi connectivity index (χ3v) is 3.70. The van der Waals surface area contributed by atoms with Crippen LogP contribution in [0, 0.1) is 0 Å². The van der Waals surface area contributed by atoms with Gasteiger partial charge >= 0.3 is 0 Å². The van der Waals surface area contributed by atoms with Crippen molar-refractivity contribution in [2.45, 2.75) is 4.90 Å². The average Bonchev–Trinajstić information content (AvgIpc) is 2.04. The van der Waals surface area contributed by atoms with Crippen LogP contribution in [0.15, 0.2) is 29.2 Å². The van der Waals surface area contributed by atoms with Gasteiger partial charge in [0.2, 0.25) is 0 Å². The van der Waals surface area contributed by atoms with Crippen LogP contribution in [0.2, 0.25) is 5.02 Å². The van der Waals surface area contributed by atoms with E-state index in [4.69, 9.17) is 29.2 Å². The van der Waals surface area contributed by atoms with E-state index in [1.54, 1.807) is 6.07 Å². The molecule has 1 aromatic carbocycles. The second-order valence-corrected chi connectivity index (χ2v) is 4.93. The Morgan fingerprint density at radius 3 is 2.31 bits per heavy atom.